The molecular weight excluding hydrogens is 384 g/mol. The van der Waals surface area contributed by atoms with E-state index in [2.05, 4.69) is 5.32 Å². The molecule has 0 atom stereocenters. The second-order valence-electron chi connectivity index (χ2n) is 6.06. The molecule has 1 heterocycles. The Bertz CT molecular complexity index is 908. The first kappa shape index (κ1) is 20.1. The molecule has 8 nitrogen and oxygen atoms in total. The fraction of sp³-hybridized carbons (Fsp3) is 0.316. The number of methoxy groups -OCH3 is 1. The Morgan fingerprint density at radius 1 is 1.11 bits per heavy atom. The molecule has 1 fully saturated rings. The van der Waals surface area contributed by atoms with Crippen LogP contribution in [-0.4, -0.2) is 58.7 Å². The Kier molecular flexibility index (Phi) is 6.50. The van der Waals surface area contributed by atoms with Gasteiger partial charge in [-0.15, -0.1) is 0 Å². The van der Waals surface area contributed by atoms with E-state index < -0.39 is 15.9 Å². The predicted octanol–water partition coefficient (Wildman–Crippen LogP) is 1.73. The number of morpholine rings is 1. The van der Waals surface area contributed by atoms with Crippen LogP contribution in [0.15, 0.2) is 53.4 Å². The molecule has 0 aliphatic carbocycles. The molecule has 1 saturated heterocycles. The summed E-state index contributed by atoms with van der Waals surface area (Å²) in [6, 6.07) is 13.0. The highest BCUT2D eigenvalue weighted by molar-refractivity contribution is 7.89. The Hall–Kier alpha value is -2.62. The minimum absolute atomic E-state index is 0.128. The van der Waals surface area contributed by atoms with E-state index in [0.717, 1.165) is 0 Å². The molecule has 0 aromatic heterocycles. The van der Waals surface area contributed by atoms with Gasteiger partial charge in [0.25, 0.3) is 5.91 Å². The number of amides is 1. The molecule has 0 bridgehead atoms. The van der Waals surface area contributed by atoms with Gasteiger partial charge < -0.3 is 19.5 Å². The van der Waals surface area contributed by atoms with Crippen LogP contribution in [0.3, 0.4) is 0 Å². The van der Waals surface area contributed by atoms with Crippen LogP contribution in [0.1, 0.15) is 0 Å². The number of carbonyl (C=O) groups excluding carboxylic acids is 1. The molecule has 2 aromatic rings. The third-order valence-corrected chi connectivity index (χ3v) is 6.05. The second kappa shape index (κ2) is 9.05. The first-order valence-corrected chi connectivity index (χ1v) is 10.2. The molecule has 2 aromatic carbocycles. The zero-order valence-electron chi connectivity index (χ0n) is 15.5. The van der Waals surface area contributed by atoms with E-state index >= 15 is 0 Å². The SMILES string of the molecule is COc1ccc(OCC(=O)Nc2cccc(S(=O)(=O)N3CCOCC3)c2)cc1. The maximum absolute atomic E-state index is 12.7. The van der Waals surface area contributed by atoms with Crippen LogP contribution in [0.25, 0.3) is 0 Å². The summed E-state index contributed by atoms with van der Waals surface area (Å²) in [6.07, 6.45) is 0. The summed E-state index contributed by atoms with van der Waals surface area (Å²) < 4.78 is 42.5. The minimum Gasteiger partial charge on any atom is -0.497 e. The zero-order valence-corrected chi connectivity index (χ0v) is 16.3. The first-order chi connectivity index (χ1) is 13.5. The fourth-order valence-electron chi connectivity index (χ4n) is 2.69. The highest BCUT2D eigenvalue weighted by atomic mass is 32.2. The number of hydrogen-bond acceptors (Lipinski definition) is 6. The van der Waals surface area contributed by atoms with Crippen LogP contribution in [0.2, 0.25) is 0 Å². The average Bonchev–Trinajstić information content (AvgIpc) is 2.73. The van der Waals surface area contributed by atoms with E-state index in [4.69, 9.17) is 14.2 Å². The highest BCUT2D eigenvalue weighted by Crippen LogP contribution is 2.21. The minimum atomic E-state index is -3.62. The van der Waals surface area contributed by atoms with Gasteiger partial charge >= 0.3 is 0 Å². The fourth-order valence-corrected chi connectivity index (χ4v) is 4.14. The van der Waals surface area contributed by atoms with Gasteiger partial charge in [0, 0.05) is 18.8 Å². The lowest BCUT2D eigenvalue weighted by molar-refractivity contribution is -0.118. The molecule has 1 N–H and O–H groups in total. The summed E-state index contributed by atoms with van der Waals surface area (Å²) in [4.78, 5) is 12.3. The van der Waals surface area contributed by atoms with Crippen LogP contribution in [-0.2, 0) is 19.6 Å². The maximum atomic E-state index is 12.7. The largest absolute Gasteiger partial charge is 0.497 e. The second-order valence-corrected chi connectivity index (χ2v) is 7.99. The number of nitrogens with one attached hydrogen (secondary N) is 1. The Morgan fingerprint density at radius 2 is 1.79 bits per heavy atom. The van der Waals surface area contributed by atoms with Crippen molar-refractivity contribution in [2.45, 2.75) is 4.90 Å². The molecule has 0 spiro atoms. The Balaban J connectivity index is 1.61. The lowest BCUT2D eigenvalue weighted by atomic mass is 10.3. The molecule has 3 rings (SSSR count). The average molecular weight is 406 g/mol. The molecule has 1 aliphatic rings. The van der Waals surface area contributed by atoms with Gasteiger partial charge in [-0.05, 0) is 42.5 Å². The van der Waals surface area contributed by atoms with Crippen LogP contribution >= 0.6 is 0 Å². The van der Waals surface area contributed by atoms with E-state index in [0.29, 0.717) is 43.5 Å². The van der Waals surface area contributed by atoms with Gasteiger partial charge in [0.15, 0.2) is 6.61 Å². The van der Waals surface area contributed by atoms with Crippen LogP contribution in [0.4, 0.5) is 5.69 Å². The van der Waals surface area contributed by atoms with E-state index in [1.165, 1.54) is 16.4 Å². The molecule has 0 unspecified atom stereocenters. The van der Waals surface area contributed by atoms with Crippen LogP contribution in [0.5, 0.6) is 11.5 Å². The van der Waals surface area contributed by atoms with Crippen molar-refractivity contribution in [1.29, 1.82) is 0 Å². The van der Waals surface area contributed by atoms with Gasteiger partial charge in [-0.25, -0.2) is 8.42 Å². The third kappa shape index (κ3) is 5.00. The van der Waals surface area contributed by atoms with E-state index in [1.54, 1.807) is 43.5 Å². The van der Waals surface area contributed by atoms with Crippen molar-refractivity contribution in [3.8, 4) is 11.5 Å². The molecule has 1 aliphatic heterocycles. The van der Waals surface area contributed by atoms with Crippen molar-refractivity contribution in [2.75, 3.05) is 45.3 Å². The number of sulfonamides is 1. The van der Waals surface area contributed by atoms with Gasteiger partial charge in [-0.3, -0.25) is 4.79 Å². The van der Waals surface area contributed by atoms with Gasteiger partial charge in [0.2, 0.25) is 10.0 Å². The van der Waals surface area contributed by atoms with Crippen LogP contribution < -0.4 is 14.8 Å². The molecule has 28 heavy (non-hydrogen) atoms. The summed E-state index contributed by atoms with van der Waals surface area (Å²) in [5.74, 6) is 0.825. The van der Waals surface area contributed by atoms with Crippen molar-refractivity contribution in [2.24, 2.45) is 0 Å². The number of hydrogen-bond donors (Lipinski definition) is 1. The van der Waals surface area contributed by atoms with Gasteiger partial charge in [0.05, 0.1) is 25.2 Å². The third-order valence-electron chi connectivity index (χ3n) is 4.15. The van der Waals surface area contributed by atoms with Crippen molar-refractivity contribution in [3.05, 3.63) is 48.5 Å². The number of anilines is 1. The smallest absolute Gasteiger partial charge is 0.262 e. The lowest BCUT2D eigenvalue weighted by Crippen LogP contribution is -2.40. The zero-order chi connectivity index (χ0) is 20.0. The number of carbonyl (C=O) groups is 1. The van der Waals surface area contributed by atoms with Gasteiger partial charge in [-0.1, -0.05) is 6.07 Å². The predicted molar refractivity (Wildman–Crippen MR) is 103 cm³/mol. The molecule has 1 amide bonds. The molecule has 0 saturated carbocycles. The summed E-state index contributed by atoms with van der Waals surface area (Å²) >= 11 is 0. The maximum Gasteiger partial charge on any atom is 0.262 e. The van der Waals surface area contributed by atoms with Gasteiger partial charge in [0.1, 0.15) is 11.5 Å². The number of ether oxygens (including phenoxy) is 3. The van der Waals surface area contributed by atoms with Crippen molar-refractivity contribution < 1.29 is 27.4 Å². The van der Waals surface area contributed by atoms with Crippen LogP contribution in [0, 0.1) is 0 Å². The molecule has 150 valence electrons. The first-order valence-electron chi connectivity index (χ1n) is 8.74. The summed E-state index contributed by atoms with van der Waals surface area (Å²) in [5.41, 5.74) is 0.387. The summed E-state index contributed by atoms with van der Waals surface area (Å²) in [5, 5.41) is 2.65. The Morgan fingerprint density at radius 3 is 2.46 bits per heavy atom. The summed E-state index contributed by atoms with van der Waals surface area (Å²) in [6.45, 7) is 1.17. The number of nitrogens with zero attached hydrogens (tertiary/aromatic N) is 1. The van der Waals surface area contributed by atoms with Gasteiger partial charge in [-0.2, -0.15) is 4.31 Å². The lowest BCUT2D eigenvalue weighted by Gasteiger charge is -2.26. The standard InChI is InChI=1S/C19H22N2O6S/c1-25-16-5-7-17(8-6-16)27-14-19(22)20-15-3-2-4-18(13-15)28(23,24)21-9-11-26-12-10-21/h2-8,13H,9-12,14H2,1H3,(H,20,22). The molecular formula is C19H22N2O6S. The summed E-state index contributed by atoms with van der Waals surface area (Å²) in [7, 11) is -2.06. The van der Waals surface area contributed by atoms with Crippen molar-refractivity contribution in [3.63, 3.8) is 0 Å². The Labute approximate surface area is 164 Å². The van der Waals surface area contributed by atoms with Crippen molar-refractivity contribution >= 4 is 21.6 Å². The quantitative estimate of drug-likeness (QED) is 0.753. The molecule has 0 radical (unpaired) electrons. The monoisotopic (exact) mass is 406 g/mol. The van der Waals surface area contributed by atoms with E-state index in [-0.39, 0.29) is 11.5 Å². The number of benzene rings is 2. The van der Waals surface area contributed by atoms with E-state index in [1.807, 2.05) is 0 Å². The number of rotatable bonds is 7. The highest BCUT2D eigenvalue weighted by Gasteiger charge is 2.26. The topological polar surface area (TPSA) is 94.2 Å². The normalized spacial score (nSPS) is 15.0. The van der Waals surface area contributed by atoms with E-state index in [9.17, 15) is 13.2 Å². The molecule has 9 heteroatoms. The van der Waals surface area contributed by atoms with Crippen molar-refractivity contribution in [1.82, 2.24) is 4.31 Å².